The van der Waals surface area contributed by atoms with E-state index in [1.165, 1.54) is 0 Å². The van der Waals surface area contributed by atoms with Crippen LogP contribution in [0, 0.1) is 12.0 Å². The van der Waals surface area contributed by atoms with Crippen LogP contribution in [0.2, 0.25) is 5.02 Å². The Morgan fingerprint density at radius 3 is 2.79 bits per heavy atom. The molecule has 1 aliphatic carbocycles. The minimum Gasteiger partial charge on any atom is -0.493 e. The summed E-state index contributed by atoms with van der Waals surface area (Å²) in [6.07, 6.45) is 0.792. The summed E-state index contributed by atoms with van der Waals surface area (Å²) in [5.41, 5.74) is 0. The second kappa shape index (κ2) is 3.80. The molecule has 1 aromatic rings. The van der Waals surface area contributed by atoms with Gasteiger partial charge in [-0.1, -0.05) is 11.6 Å². The summed E-state index contributed by atoms with van der Waals surface area (Å²) in [7, 11) is 0. The molecule has 0 N–H and O–H groups in total. The van der Waals surface area contributed by atoms with Gasteiger partial charge in [0.25, 0.3) is 0 Å². The van der Waals surface area contributed by atoms with Crippen molar-refractivity contribution in [1.29, 1.82) is 0 Å². The van der Waals surface area contributed by atoms with Gasteiger partial charge in [-0.25, -0.2) is 0 Å². The van der Waals surface area contributed by atoms with Gasteiger partial charge in [-0.15, -0.1) is 23.2 Å². The van der Waals surface area contributed by atoms with Gasteiger partial charge < -0.3 is 4.74 Å². The summed E-state index contributed by atoms with van der Waals surface area (Å²) in [5, 5.41) is 0.612. The fourth-order valence-electron chi connectivity index (χ4n) is 1.15. The van der Waals surface area contributed by atoms with E-state index >= 15 is 0 Å². The number of ether oxygens (including phenoxy) is 1. The van der Waals surface area contributed by atoms with Gasteiger partial charge in [0.15, 0.2) is 0 Å². The van der Waals surface area contributed by atoms with Crippen molar-refractivity contribution < 1.29 is 4.74 Å². The van der Waals surface area contributed by atoms with E-state index in [0.29, 0.717) is 17.4 Å². The van der Waals surface area contributed by atoms with Crippen LogP contribution in [0.4, 0.5) is 0 Å². The molecule has 1 fully saturated rings. The molecule has 1 unspecified atom stereocenters. The van der Waals surface area contributed by atoms with Crippen LogP contribution in [0.5, 0.6) is 5.75 Å². The molecule has 1 atom stereocenters. The monoisotopic (exact) mass is 249 g/mol. The molecule has 75 valence electrons. The predicted octanol–water partition coefficient (Wildman–Crippen LogP) is 3.71. The van der Waals surface area contributed by atoms with Gasteiger partial charge in [-0.3, -0.25) is 0 Å². The van der Waals surface area contributed by atoms with Crippen molar-refractivity contribution in [2.75, 3.05) is 6.61 Å². The molecule has 1 nitrogen and oxygen atoms in total. The first kappa shape index (κ1) is 10.4. The largest absolute Gasteiger partial charge is 0.493 e. The Morgan fingerprint density at radius 1 is 1.50 bits per heavy atom. The molecular weight excluding hydrogens is 242 g/mol. The summed E-state index contributed by atoms with van der Waals surface area (Å²) in [6.45, 7) is 0.529. The lowest BCUT2D eigenvalue weighted by molar-refractivity contribution is 0.298. The number of hydrogen-bond donors (Lipinski definition) is 0. The van der Waals surface area contributed by atoms with Crippen molar-refractivity contribution in [3.05, 3.63) is 29.3 Å². The summed E-state index contributed by atoms with van der Waals surface area (Å²) < 4.78 is 4.88. The Hall–Kier alpha value is -0.110. The number of benzene rings is 1. The zero-order valence-corrected chi connectivity index (χ0v) is 9.53. The van der Waals surface area contributed by atoms with Gasteiger partial charge in [0.05, 0.1) is 6.61 Å². The summed E-state index contributed by atoms with van der Waals surface area (Å²) >= 11 is 17.5. The maximum absolute atomic E-state index is 5.86. The zero-order valence-electron chi connectivity index (χ0n) is 7.27. The van der Waals surface area contributed by atoms with E-state index in [1.54, 1.807) is 18.2 Å². The van der Waals surface area contributed by atoms with Crippen molar-refractivity contribution >= 4 is 34.8 Å². The van der Waals surface area contributed by atoms with Gasteiger partial charge in [0.2, 0.25) is 0 Å². The standard InChI is InChI=1S/C10H8Cl3O/c11-8-2-1-3-9(4-8)14-6-7-5-10(7,12)13/h2-4,7H,5-6H2. The molecule has 0 bridgehead atoms. The Morgan fingerprint density at radius 2 is 2.21 bits per heavy atom. The quantitative estimate of drug-likeness (QED) is 0.743. The van der Waals surface area contributed by atoms with Gasteiger partial charge in [0, 0.05) is 10.9 Å². The molecule has 0 amide bonds. The normalized spacial score (nSPS) is 23.2. The molecule has 0 aromatic heterocycles. The van der Waals surface area contributed by atoms with Crippen LogP contribution in [-0.4, -0.2) is 10.9 Å². The number of alkyl halides is 2. The number of halogens is 3. The molecule has 1 aromatic carbocycles. The Labute approximate surface area is 97.9 Å². The average Bonchev–Trinajstić information content (AvgIpc) is 2.71. The highest BCUT2D eigenvalue weighted by Crippen LogP contribution is 2.53. The maximum atomic E-state index is 5.86. The van der Waals surface area contributed by atoms with Crippen LogP contribution in [0.3, 0.4) is 0 Å². The van der Waals surface area contributed by atoms with Crippen molar-refractivity contribution in [2.45, 2.75) is 10.8 Å². The van der Waals surface area contributed by atoms with Crippen molar-refractivity contribution in [2.24, 2.45) is 5.92 Å². The minimum atomic E-state index is -0.581. The second-order valence-electron chi connectivity index (χ2n) is 3.36. The molecular formula is C10H8Cl3O. The highest BCUT2D eigenvalue weighted by atomic mass is 35.5. The molecule has 0 heterocycles. The Balaban J connectivity index is 1.87. The van der Waals surface area contributed by atoms with E-state index in [4.69, 9.17) is 39.5 Å². The van der Waals surface area contributed by atoms with E-state index in [2.05, 4.69) is 6.07 Å². The molecule has 4 heteroatoms. The first-order valence-corrected chi connectivity index (χ1v) is 5.38. The summed E-state index contributed by atoms with van der Waals surface area (Å²) in [5.74, 6) is 0.929. The third-order valence-electron chi connectivity index (χ3n) is 2.13. The minimum absolute atomic E-state index is 0.227. The summed E-state index contributed by atoms with van der Waals surface area (Å²) in [6, 6.07) is 8.03. The highest BCUT2D eigenvalue weighted by Gasteiger charge is 2.52. The number of rotatable bonds is 3. The molecule has 2 rings (SSSR count). The lowest BCUT2D eigenvalue weighted by Crippen LogP contribution is -2.04. The van der Waals surface area contributed by atoms with Gasteiger partial charge in [-0.05, 0) is 30.7 Å². The molecule has 1 aliphatic rings. The lowest BCUT2D eigenvalue weighted by atomic mass is 10.3. The zero-order chi connectivity index (χ0) is 10.2. The van der Waals surface area contributed by atoms with Gasteiger partial charge in [0.1, 0.15) is 10.1 Å². The highest BCUT2D eigenvalue weighted by molar-refractivity contribution is 6.50. The van der Waals surface area contributed by atoms with E-state index in [9.17, 15) is 0 Å². The first-order valence-electron chi connectivity index (χ1n) is 4.25. The van der Waals surface area contributed by atoms with Crippen molar-refractivity contribution in [1.82, 2.24) is 0 Å². The third-order valence-corrected chi connectivity index (χ3v) is 3.28. The van der Waals surface area contributed by atoms with Crippen LogP contribution >= 0.6 is 34.8 Å². The molecule has 0 spiro atoms. The van der Waals surface area contributed by atoms with Crippen LogP contribution in [-0.2, 0) is 0 Å². The van der Waals surface area contributed by atoms with E-state index < -0.39 is 4.33 Å². The second-order valence-corrected chi connectivity index (χ2v) is 5.34. The first-order chi connectivity index (χ1) is 6.58. The fourth-order valence-corrected chi connectivity index (χ4v) is 1.82. The predicted molar refractivity (Wildman–Crippen MR) is 58.3 cm³/mol. The Kier molecular flexibility index (Phi) is 2.83. The topological polar surface area (TPSA) is 9.23 Å². The third kappa shape index (κ3) is 2.47. The van der Waals surface area contributed by atoms with Gasteiger partial charge >= 0.3 is 0 Å². The molecule has 0 saturated heterocycles. The summed E-state index contributed by atoms with van der Waals surface area (Å²) in [4.78, 5) is 0. The molecule has 1 radical (unpaired) electrons. The maximum Gasteiger partial charge on any atom is 0.125 e. The van der Waals surface area contributed by atoms with E-state index in [-0.39, 0.29) is 5.92 Å². The molecule has 0 aliphatic heterocycles. The molecule has 14 heavy (non-hydrogen) atoms. The van der Waals surface area contributed by atoms with Crippen molar-refractivity contribution in [3.63, 3.8) is 0 Å². The van der Waals surface area contributed by atoms with E-state index in [0.717, 1.165) is 6.42 Å². The average molecular weight is 251 g/mol. The fraction of sp³-hybridized carbons (Fsp3) is 0.400. The van der Waals surface area contributed by atoms with Crippen LogP contribution in [0.15, 0.2) is 18.2 Å². The smallest absolute Gasteiger partial charge is 0.125 e. The lowest BCUT2D eigenvalue weighted by Gasteiger charge is -2.05. The van der Waals surface area contributed by atoms with Crippen LogP contribution < -0.4 is 4.74 Å². The van der Waals surface area contributed by atoms with Crippen LogP contribution in [0.25, 0.3) is 0 Å². The molecule has 1 saturated carbocycles. The van der Waals surface area contributed by atoms with Crippen molar-refractivity contribution in [3.8, 4) is 5.75 Å². The van der Waals surface area contributed by atoms with Gasteiger partial charge in [-0.2, -0.15) is 0 Å². The van der Waals surface area contributed by atoms with E-state index in [1.807, 2.05) is 0 Å². The Bertz CT molecular complexity index is 338. The SMILES string of the molecule is Clc1c[c]cc(OCC2CC2(Cl)Cl)c1. The van der Waals surface area contributed by atoms with Crippen LogP contribution in [0.1, 0.15) is 6.42 Å². The number of hydrogen-bond acceptors (Lipinski definition) is 1.